The standard InChI is InChI=1S/C26H49N3O4/c1-7-8-9-10-11-12-13-14-15-16-17-18-19-20-21-22(23(27)28-31)29(26(5,6)32-21)24(30)33-25(2,3)4/h19-22,31H,7-18H2,1-6H3,(H2,27,28)/b20-19+. The van der Waals surface area contributed by atoms with Gasteiger partial charge in [0.05, 0.1) is 0 Å². The van der Waals surface area contributed by atoms with E-state index in [9.17, 15) is 10.0 Å². The highest BCUT2D eigenvalue weighted by Gasteiger charge is 2.52. The molecule has 0 saturated carbocycles. The van der Waals surface area contributed by atoms with Crippen molar-refractivity contribution in [1.82, 2.24) is 4.90 Å². The second-order valence-corrected chi connectivity index (χ2v) is 10.6. The number of unbranched alkanes of at least 4 members (excludes halogenated alkanes) is 11. The molecule has 1 saturated heterocycles. The predicted octanol–water partition coefficient (Wildman–Crippen LogP) is 6.73. The van der Waals surface area contributed by atoms with Gasteiger partial charge in [-0.25, -0.2) is 4.79 Å². The lowest BCUT2D eigenvalue weighted by molar-refractivity contribution is -0.0707. The number of amides is 1. The molecule has 3 N–H and O–H groups in total. The number of nitrogens with two attached hydrogens (primary N) is 1. The van der Waals surface area contributed by atoms with Crippen LogP contribution in [0.15, 0.2) is 17.3 Å². The molecule has 0 aromatic heterocycles. The molecule has 7 nitrogen and oxygen atoms in total. The van der Waals surface area contributed by atoms with E-state index in [1.54, 1.807) is 34.6 Å². The zero-order valence-corrected chi connectivity index (χ0v) is 21.9. The van der Waals surface area contributed by atoms with E-state index in [0.717, 1.165) is 12.8 Å². The minimum atomic E-state index is -0.951. The van der Waals surface area contributed by atoms with Crippen molar-refractivity contribution in [1.29, 1.82) is 0 Å². The Kier molecular flexibility index (Phi) is 12.9. The molecule has 2 atom stereocenters. The van der Waals surface area contributed by atoms with Gasteiger partial charge in [0.25, 0.3) is 0 Å². The molecule has 0 bridgehead atoms. The molecular formula is C26H49N3O4. The van der Waals surface area contributed by atoms with E-state index >= 15 is 0 Å². The Morgan fingerprint density at radius 3 is 2.06 bits per heavy atom. The molecule has 1 rings (SSSR count). The van der Waals surface area contributed by atoms with Crippen LogP contribution in [0.1, 0.15) is 119 Å². The van der Waals surface area contributed by atoms with Gasteiger partial charge in [-0.15, -0.1) is 0 Å². The second-order valence-electron chi connectivity index (χ2n) is 10.6. The lowest BCUT2D eigenvalue weighted by Gasteiger charge is -2.34. The van der Waals surface area contributed by atoms with Gasteiger partial charge in [0.15, 0.2) is 5.84 Å². The SMILES string of the molecule is CCCCCCCCCCCCC/C=C/C1OC(C)(C)N(C(=O)OC(C)(C)C)C1/C(N)=N/O. The second kappa shape index (κ2) is 14.5. The van der Waals surface area contributed by atoms with Crippen LogP contribution in [-0.4, -0.2) is 45.5 Å². The summed E-state index contributed by atoms with van der Waals surface area (Å²) in [4.78, 5) is 14.3. The maximum atomic E-state index is 12.8. The molecule has 0 spiro atoms. The normalized spacial score (nSPS) is 21.2. The number of amidine groups is 1. The van der Waals surface area contributed by atoms with Gasteiger partial charge in [0, 0.05) is 0 Å². The number of allylic oxidation sites excluding steroid dienone is 1. The van der Waals surface area contributed by atoms with Crippen molar-refractivity contribution in [3.05, 3.63) is 12.2 Å². The molecule has 0 aromatic carbocycles. The largest absolute Gasteiger partial charge is 0.444 e. The number of nitrogens with zero attached hydrogens (tertiary/aromatic N) is 2. The number of oxime groups is 1. The van der Waals surface area contributed by atoms with E-state index in [2.05, 4.69) is 18.2 Å². The van der Waals surface area contributed by atoms with Crippen LogP contribution in [0.5, 0.6) is 0 Å². The van der Waals surface area contributed by atoms with Crippen LogP contribution in [-0.2, 0) is 9.47 Å². The van der Waals surface area contributed by atoms with E-state index in [1.165, 1.54) is 69.1 Å². The summed E-state index contributed by atoms with van der Waals surface area (Å²) in [6, 6.07) is -0.728. The fraction of sp³-hybridized carbons (Fsp3) is 0.846. The number of rotatable bonds is 14. The van der Waals surface area contributed by atoms with Crippen molar-refractivity contribution in [2.24, 2.45) is 10.9 Å². The van der Waals surface area contributed by atoms with E-state index in [1.807, 2.05) is 6.08 Å². The number of hydrogen-bond acceptors (Lipinski definition) is 5. The van der Waals surface area contributed by atoms with Crippen LogP contribution in [0.3, 0.4) is 0 Å². The van der Waals surface area contributed by atoms with Gasteiger partial charge >= 0.3 is 6.09 Å². The summed E-state index contributed by atoms with van der Waals surface area (Å²) in [5.41, 5.74) is 4.35. The molecule has 1 aliphatic rings. The molecular weight excluding hydrogens is 418 g/mol. The molecule has 2 unspecified atom stereocenters. The lowest BCUT2D eigenvalue weighted by atomic mass is 10.0. The molecule has 1 aliphatic heterocycles. The molecule has 1 heterocycles. The molecule has 192 valence electrons. The van der Waals surface area contributed by atoms with Gasteiger partial charge in [-0.3, -0.25) is 4.90 Å². The first-order valence-electron chi connectivity index (χ1n) is 12.9. The fourth-order valence-electron chi connectivity index (χ4n) is 4.24. The molecule has 0 aliphatic carbocycles. The summed E-state index contributed by atoms with van der Waals surface area (Å²) in [7, 11) is 0. The van der Waals surface area contributed by atoms with Crippen LogP contribution < -0.4 is 5.73 Å². The highest BCUT2D eigenvalue weighted by atomic mass is 16.6. The average molecular weight is 468 g/mol. The average Bonchev–Trinajstić information content (AvgIpc) is 2.99. The number of carbonyl (C=O) groups excluding carboxylic acids is 1. The first-order chi connectivity index (χ1) is 15.5. The minimum Gasteiger partial charge on any atom is -0.444 e. The monoisotopic (exact) mass is 467 g/mol. The fourth-order valence-corrected chi connectivity index (χ4v) is 4.24. The van der Waals surface area contributed by atoms with Gasteiger partial charge in [-0.1, -0.05) is 88.4 Å². The van der Waals surface area contributed by atoms with E-state index in [4.69, 9.17) is 15.2 Å². The number of hydrogen-bond donors (Lipinski definition) is 2. The number of carbonyl (C=O) groups is 1. The van der Waals surface area contributed by atoms with Crippen molar-refractivity contribution in [3.63, 3.8) is 0 Å². The van der Waals surface area contributed by atoms with Crippen LogP contribution >= 0.6 is 0 Å². The summed E-state index contributed by atoms with van der Waals surface area (Å²) in [5.74, 6) is -0.0734. The van der Waals surface area contributed by atoms with E-state index in [0.29, 0.717) is 0 Å². The summed E-state index contributed by atoms with van der Waals surface area (Å²) < 4.78 is 11.6. The van der Waals surface area contributed by atoms with Crippen molar-refractivity contribution < 1.29 is 19.5 Å². The third-order valence-electron chi connectivity index (χ3n) is 5.90. The molecule has 0 aromatic rings. The topological polar surface area (TPSA) is 97.4 Å². The summed E-state index contributed by atoms with van der Waals surface area (Å²) in [5, 5.41) is 12.5. The third-order valence-corrected chi connectivity index (χ3v) is 5.90. The quantitative estimate of drug-likeness (QED) is 0.0737. The van der Waals surface area contributed by atoms with Crippen LogP contribution in [0.2, 0.25) is 0 Å². The van der Waals surface area contributed by atoms with E-state index in [-0.39, 0.29) is 5.84 Å². The Hall–Kier alpha value is -1.76. The molecule has 1 fully saturated rings. The van der Waals surface area contributed by atoms with Gasteiger partial charge in [-0.05, 0) is 47.5 Å². The van der Waals surface area contributed by atoms with Gasteiger partial charge in [0.1, 0.15) is 23.5 Å². The molecule has 7 heteroatoms. The van der Waals surface area contributed by atoms with Crippen LogP contribution in [0.25, 0.3) is 0 Å². The van der Waals surface area contributed by atoms with Crippen molar-refractivity contribution >= 4 is 11.9 Å². The summed E-state index contributed by atoms with van der Waals surface area (Å²) in [6.45, 7) is 11.2. The Morgan fingerprint density at radius 1 is 1.06 bits per heavy atom. The number of ether oxygens (including phenoxy) is 2. The smallest absolute Gasteiger partial charge is 0.413 e. The van der Waals surface area contributed by atoms with Gasteiger partial charge in [-0.2, -0.15) is 0 Å². The first kappa shape index (κ1) is 29.3. The maximum absolute atomic E-state index is 12.8. The Labute approximate surface area is 201 Å². The van der Waals surface area contributed by atoms with Crippen molar-refractivity contribution in [2.45, 2.75) is 142 Å². The Balaban J connectivity index is 2.47. The zero-order chi connectivity index (χ0) is 24.9. The Morgan fingerprint density at radius 2 is 1.58 bits per heavy atom. The van der Waals surface area contributed by atoms with Crippen molar-refractivity contribution in [3.8, 4) is 0 Å². The van der Waals surface area contributed by atoms with Gasteiger partial charge < -0.3 is 20.4 Å². The highest BCUT2D eigenvalue weighted by Crippen LogP contribution is 2.34. The molecule has 1 amide bonds. The predicted molar refractivity (Wildman–Crippen MR) is 134 cm³/mol. The van der Waals surface area contributed by atoms with Crippen LogP contribution in [0, 0.1) is 0 Å². The first-order valence-corrected chi connectivity index (χ1v) is 12.9. The maximum Gasteiger partial charge on any atom is 0.413 e. The highest BCUT2D eigenvalue weighted by molar-refractivity contribution is 5.90. The zero-order valence-electron chi connectivity index (χ0n) is 21.9. The minimum absolute atomic E-state index is 0.0734. The van der Waals surface area contributed by atoms with E-state index < -0.39 is 29.6 Å². The lowest BCUT2D eigenvalue weighted by Crippen LogP contribution is -2.54. The third kappa shape index (κ3) is 10.8. The molecule has 33 heavy (non-hydrogen) atoms. The van der Waals surface area contributed by atoms with Crippen molar-refractivity contribution in [2.75, 3.05) is 0 Å². The van der Waals surface area contributed by atoms with Gasteiger partial charge in [0.2, 0.25) is 0 Å². The van der Waals surface area contributed by atoms with Crippen LogP contribution in [0.4, 0.5) is 4.79 Å². The summed E-state index contributed by atoms with van der Waals surface area (Å²) >= 11 is 0. The summed E-state index contributed by atoms with van der Waals surface area (Å²) in [6.07, 6.45) is 18.3. The Bertz CT molecular complexity index is 626. The molecule has 0 radical (unpaired) electrons.